The molecule has 0 fully saturated rings. The van der Waals surface area contributed by atoms with Crippen LogP contribution in [0.15, 0.2) is 47.0 Å². The molecule has 0 aliphatic rings. The average Bonchev–Trinajstić information content (AvgIpc) is 2.82. The van der Waals surface area contributed by atoms with E-state index in [4.69, 9.17) is 4.42 Å². The number of nitrogens with zero attached hydrogens (tertiary/aromatic N) is 3. The fourth-order valence-corrected chi connectivity index (χ4v) is 1.63. The van der Waals surface area contributed by atoms with Crippen molar-refractivity contribution in [2.24, 2.45) is 0 Å². The van der Waals surface area contributed by atoms with Crippen LogP contribution in [0.5, 0.6) is 0 Å². The predicted molar refractivity (Wildman–Crippen MR) is 63.9 cm³/mol. The van der Waals surface area contributed by atoms with Crippen LogP contribution in [-0.2, 0) is 0 Å². The zero-order valence-electron chi connectivity index (χ0n) is 9.11. The van der Waals surface area contributed by atoms with Crippen molar-refractivity contribution in [1.82, 2.24) is 9.97 Å². The highest BCUT2D eigenvalue weighted by molar-refractivity contribution is 5.78. The van der Waals surface area contributed by atoms with E-state index in [2.05, 4.69) is 9.97 Å². The van der Waals surface area contributed by atoms with E-state index in [0.29, 0.717) is 22.7 Å². The number of hydrogen-bond acceptors (Lipinski definition) is 5. The van der Waals surface area contributed by atoms with Crippen LogP contribution < -0.4 is 0 Å². The van der Waals surface area contributed by atoms with E-state index in [1.165, 1.54) is 18.2 Å². The van der Waals surface area contributed by atoms with Crippen molar-refractivity contribution in [3.05, 3.63) is 52.7 Å². The van der Waals surface area contributed by atoms with Gasteiger partial charge in [0.2, 0.25) is 5.89 Å². The van der Waals surface area contributed by atoms with Gasteiger partial charge in [-0.1, -0.05) is 6.07 Å². The van der Waals surface area contributed by atoms with Crippen LogP contribution in [-0.4, -0.2) is 14.9 Å². The second kappa shape index (κ2) is 3.92. The van der Waals surface area contributed by atoms with E-state index < -0.39 is 4.92 Å². The lowest BCUT2D eigenvalue weighted by molar-refractivity contribution is -0.384. The number of benzene rings is 1. The maximum atomic E-state index is 10.7. The third kappa shape index (κ3) is 1.69. The summed E-state index contributed by atoms with van der Waals surface area (Å²) in [5.74, 6) is 0.353. The van der Waals surface area contributed by atoms with Gasteiger partial charge in [0.05, 0.1) is 4.92 Å². The first-order valence-corrected chi connectivity index (χ1v) is 5.20. The van der Waals surface area contributed by atoms with Crippen LogP contribution in [0.1, 0.15) is 0 Å². The van der Waals surface area contributed by atoms with Gasteiger partial charge in [-0.3, -0.25) is 15.1 Å². The van der Waals surface area contributed by atoms with Crippen molar-refractivity contribution in [1.29, 1.82) is 0 Å². The van der Waals surface area contributed by atoms with Crippen molar-refractivity contribution < 1.29 is 9.34 Å². The molecule has 1 aromatic carbocycles. The highest BCUT2D eigenvalue weighted by atomic mass is 16.6. The second-order valence-corrected chi connectivity index (χ2v) is 3.64. The highest BCUT2D eigenvalue weighted by Gasteiger charge is 2.12. The molecule has 0 bridgehead atoms. The molecule has 0 radical (unpaired) electrons. The number of non-ortho nitro benzene ring substituents is 1. The largest absolute Gasteiger partial charge is 0.435 e. The summed E-state index contributed by atoms with van der Waals surface area (Å²) in [7, 11) is 0. The Bertz CT molecular complexity index is 722. The summed E-state index contributed by atoms with van der Waals surface area (Å²) >= 11 is 0. The van der Waals surface area contributed by atoms with E-state index >= 15 is 0 Å². The van der Waals surface area contributed by atoms with Crippen molar-refractivity contribution in [2.75, 3.05) is 0 Å². The lowest BCUT2D eigenvalue weighted by Gasteiger charge is -1.90. The Kier molecular flexibility index (Phi) is 2.26. The summed E-state index contributed by atoms with van der Waals surface area (Å²) in [5, 5.41) is 10.7. The number of pyridine rings is 1. The van der Waals surface area contributed by atoms with Gasteiger partial charge >= 0.3 is 0 Å². The Balaban J connectivity index is 2.14. The fourth-order valence-electron chi connectivity index (χ4n) is 1.63. The molecule has 0 saturated heterocycles. The first kappa shape index (κ1) is 10.4. The molecular weight excluding hydrogens is 234 g/mol. The minimum Gasteiger partial charge on any atom is -0.435 e. The molecule has 0 unspecified atom stereocenters. The highest BCUT2D eigenvalue weighted by Crippen LogP contribution is 2.25. The molecule has 0 aliphatic carbocycles. The molecule has 0 amide bonds. The number of nitro groups is 1. The minimum absolute atomic E-state index is 0.0108. The minimum atomic E-state index is -0.464. The van der Waals surface area contributed by atoms with Crippen LogP contribution >= 0.6 is 0 Å². The molecule has 0 aliphatic heterocycles. The van der Waals surface area contributed by atoms with E-state index in [9.17, 15) is 10.1 Å². The Morgan fingerprint density at radius 3 is 2.83 bits per heavy atom. The maximum absolute atomic E-state index is 10.7. The van der Waals surface area contributed by atoms with Gasteiger partial charge in [0.25, 0.3) is 5.69 Å². The lowest BCUT2D eigenvalue weighted by Crippen LogP contribution is -1.86. The number of fused-ring (bicyclic) bond motifs is 1. The van der Waals surface area contributed by atoms with Crippen molar-refractivity contribution in [3.8, 4) is 11.6 Å². The third-order valence-electron chi connectivity index (χ3n) is 2.47. The van der Waals surface area contributed by atoms with E-state index in [-0.39, 0.29) is 5.69 Å². The molecule has 6 heteroatoms. The molecule has 2 aromatic heterocycles. The number of hydrogen-bond donors (Lipinski definition) is 0. The number of nitro benzene ring substituents is 1. The smallest absolute Gasteiger partial charge is 0.271 e. The van der Waals surface area contributed by atoms with Gasteiger partial charge in [-0.15, -0.1) is 0 Å². The lowest BCUT2D eigenvalue weighted by atomic mass is 10.3. The van der Waals surface area contributed by atoms with Gasteiger partial charge in [0, 0.05) is 18.3 Å². The normalized spacial score (nSPS) is 10.7. The molecule has 0 spiro atoms. The zero-order chi connectivity index (χ0) is 12.5. The van der Waals surface area contributed by atoms with Gasteiger partial charge in [-0.2, -0.15) is 0 Å². The van der Waals surface area contributed by atoms with Crippen molar-refractivity contribution >= 4 is 16.8 Å². The van der Waals surface area contributed by atoms with E-state index in [1.807, 2.05) is 6.07 Å². The van der Waals surface area contributed by atoms with Crippen LogP contribution in [0, 0.1) is 10.1 Å². The first-order valence-electron chi connectivity index (χ1n) is 5.20. The Morgan fingerprint density at radius 1 is 1.22 bits per heavy atom. The van der Waals surface area contributed by atoms with Crippen LogP contribution in [0.3, 0.4) is 0 Å². The number of rotatable bonds is 2. The number of oxazole rings is 1. The van der Waals surface area contributed by atoms with E-state index in [1.54, 1.807) is 18.3 Å². The molecule has 6 nitrogen and oxygen atoms in total. The van der Waals surface area contributed by atoms with E-state index in [0.717, 1.165) is 0 Å². The summed E-state index contributed by atoms with van der Waals surface area (Å²) in [6.45, 7) is 0. The first-order chi connectivity index (χ1) is 8.74. The molecule has 3 rings (SSSR count). The average molecular weight is 241 g/mol. The summed E-state index contributed by atoms with van der Waals surface area (Å²) < 4.78 is 5.49. The fraction of sp³-hybridized carbons (Fsp3) is 0. The molecule has 3 aromatic rings. The molecule has 88 valence electrons. The third-order valence-corrected chi connectivity index (χ3v) is 2.47. The second-order valence-electron chi connectivity index (χ2n) is 3.64. The molecular formula is C12H7N3O3. The summed E-state index contributed by atoms with van der Waals surface area (Å²) in [6, 6.07) is 9.67. The van der Waals surface area contributed by atoms with Gasteiger partial charge in [0.15, 0.2) is 5.58 Å². The monoisotopic (exact) mass is 241 g/mol. The SMILES string of the molecule is O=[N+]([O-])c1ccc2oc(-c3ccccn3)nc2c1. The van der Waals surface area contributed by atoms with Gasteiger partial charge in [-0.05, 0) is 18.2 Å². The van der Waals surface area contributed by atoms with Gasteiger partial charge < -0.3 is 4.42 Å². The van der Waals surface area contributed by atoms with Crippen molar-refractivity contribution in [3.63, 3.8) is 0 Å². The summed E-state index contributed by atoms with van der Waals surface area (Å²) in [5.41, 5.74) is 1.53. The summed E-state index contributed by atoms with van der Waals surface area (Å²) in [4.78, 5) is 18.5. The number of aromatic nitrogens is 2. The van der Waals surface area contributed by atoms with Crippen molar-refractivity contribution in [2.45, 2.75) is 0 Å². The molecule has 0 atom stereocenters. The Labute approximate surface area is 101 Å². The Hall–Kier alpha value is -2.76. The molecule has 0 saturated carbocycles. The predicted octanol–water partition coefficient (Wildman–Crippen LogP) is 2.80. The van der Waals surface area contributed by atoms with Crippen LogP contribution in [0.25, 0.3) is 22.7 Å². The quantitative estimate of drug-likeness (QED) is 0.509. The topological polar surface area (TPSA) is 82.1 Å². The van der Waals surface area contributed by atoms with Crippen LogP contribution in [0.2, 0.25) is 0 Å². The molecule has 0 N–H and O–H groups in total. The zero-order valence-corrected chi connectivity index (χ0v) is 9.11. The Morgan fingerprint density at radius 2 is 2.11 bits per heavy atom. The standard InChI is InChI=1S/C12H7N3O3/c16-15(17)8-4-5-11-10(7-8)14-12(18-11)9-3-1-2-6-13-9/h1-7H. The summed E-state index contributed by atoms with van der Waals surface area (Å²) in [6.07, 6.45) is 1.63. The van der Waals surface area contributed by atoms with Gasteiger partial charge in [0.1, 0.15) is 11.2 Å². The van der Waals surface area contributed by atoms with Crippen LogP contribution in [0.4, 0.5) is 5.69 Å². The maximum Gasteiger partial charge on any atom is 0.271 e. The molecule has 2 heterocycles. The van der Waals surface area contributed by atoms with Gasteiger partial charge in [-0.25, -0.2) is 4.98 Å². The molecule has 18 heavy (non-hydrogen) atoms.